The lowest BCUT2D eigenvalue weighted by Crippen LogP contribution is -2.36. The summed E-state index contributed by atoms with van der Waals surface area (Å²) < 4.78 is 12.7. The molecule has 0 unspecified atom stereocenters. The molecule has 0 heterocycles. The molecule has 6 heteroatoms. The molecule has 0 aliphatic rings. The van der Waals surface area contributed by atoms with Gasteiger partial charge in [-0.2, -0.15) is 5.26 Å². The highest BCUT2D eigenvalue weighted by atomic mass is 19.1. The lowest BCUT2D eigenvalue weighted by Gasteiger charge is -2.02. The number of nitrogens with one attached hydrogen (secondary N) is 1. The van der Waals surface area contributed by atoms with E-state index in [4.69, 9.17) is 11.0 Å². The van der Waals surface area contributed by atoms with Gasteiger partial charge < -0.3 is 5.73 Å². The minimum absolute atomic E-state index is 0.103. The minimum atomic E-state index is -0.619. The van der Waals surface area contributed by atoms with Crippen LogP contribution in [0.25, 0.3) is 0 Å². The third kappa shape index (κ3) is 3.08. The zero-order chi connectivity index (χ0) is 11.3. The number of hydrogen-bond acceptors (Lipinski definition) is 3. The maximum Gasteiger partial charge on any atom is 0.258 e. The summed E-state index contributed by atoms with van der Waals surface area (Å²) in [5.74, 6) is -1.48. The van der Waals surface area contributed by atoms with Gasteiger partial charge in [0, 0.05) is 5.56 Å². The van der Waals surface area contributed by atoms with Gasteiger partial charge in [-0.05, 0) is 18.2 Å². The molecule has 0 aliphatic heterocycles. The maximum absolute atomic E-state index is 12.7. The van der Waals surface area contributed by atoms with Gasteiger partial charge in [0.05, 0.1) is 0 Å². The lowest BCUT2D eigenvalue weighted by atomic mass is 10.2. The third-order valence-electron chi connectivity index (χ3n) is 1.50. The van der Waals surface area contributed by atoms with E-state index in [1.165, 1.54) is 24.4 Å². The van der Waals surface area contributed by atoms with Crippen LogP contribution in [0.5, 0.6) is 0 Å². The van der Waals surface area contributed by atoms with Gasteiger partial charge in [-0.1, -0.05) is 6.07 Å². The van der Waals surface area contributed by atoms with Crippen molar-refractivity contribution in [2.45, 2.75) is 0 Å². The number of benzene rings is 1. The Balaban J connectivity index is 2.79. The molecule has 1 rings (SSSR count). The highest BCUT2D eigenvalue weighted by Gasteiger charge is 2.06. The number of hydrogen-bond donors (Lipinski definition) is 2. The first-order chi connectivity index (χ1) is 7.13. The average Bonchev–Trinajstić information content (AvgIpc) is 2.18. The molecule has 1 aromatic rings. The van der Waals surface area contributed by atoms with E-state index in [0.717, 1.165) is 6.07 Å². The molecule has 0 bridgehead atoms. The van der Waals surface area contributed by atoms with Crippen LogP contribution in [-0.4, -0.2) is 11.9 Å². The average molecular weight is 206 g/mol. The molecule has 3 N–H and O–H groups in total. The van der Waals surface area contributed by atoms with Crippen molar-refractivity contribution in [2.24, 2.45) is 10.7 Å². The van der Waals surface area contributed by atoms with Crippen LogP contribution in [0.4, 0.5) is 4.39 Å². The summed E-state index contributed by atoms with van der Waals surface area (Å²) in [7, 11) is 0. The molecule has 1 aromatic carbocycles. The lowest BCUT2D eigenvalue weighted by molar-refractivity contribution is 0.0976. The summed E-state index contributed by atoms with van der Waals surface area (Å²) in [6, 6.07) is 5.07. The summed E-state index contributed by atoms with van der Waals surface area (Å²) >= 11 is 0. The third-order valence-corrected chi connectivity index (χ3v) is 1.50. The molecule has 0 saturated heterocycles. The number of carbonyl (C=O) groups excluding carboxylic acids is 1. The van der Waals surface area contributed by atoms with E-state index in [-0.39, 0.29) is 11.5 Å². The fourth-order valence-corrected chi connectivity index (χ4v) is 0.900. The van der Waals surface area contributed by atoms with Gasteiger partial charge in [0.1, 0.15) is 5.82 Å². The smallest absolute Gasteiger partial charge is 0.258 e. The van der Waals surface area contributed by atoms with Crippen molar-refractivity contribution in [2.75, 3.05) is 0 Å². The molecule has 76 valence electrons. The van der Waals surface area contributed by atoms with Crippen LogP contribution in [0.1, 0.15) is 10.4 Å². The monoisotopic (exact) mass is 206 g/mol. The topological polar surface area (TPSA) is 91.3 Å². The van der Waals surface area contributed by atoms with E-state index in [9.17, 15) is 9.18 Å². The van der Waals surface area contributed by atoms with Crippen LogP contribution in [-0.2, 0) is 0 Å². The van der Waals surface area contributed by atoms with Crippen LogP contribution in [0.2, 0.25) is 0 Å². The molecule has 0 aliphatic carbocycles. The van der Waals surface area contributed by atoms with Gasteiger partial charge in [-0.15, -0.1) is 4.99 Å². The van der Waals surface area contributed by atoms with E-state index < -0.39 is 11.7 Å². The van der Waals surface area contributed by atoms with E-state index in [1.807, 2.05) is 0 Å². The van der Waals surface area contributed by atoms with Crippen LogP contribution in [0.3, 0.4) is 0 Å². The number of amides is 1. The highest BCUT2D eigenvalue weighted by molar-refractivity contribution is 6.05. The number of aliphatic imine (C=N–C) groups is 1. The highest BCUT2D eigenvalue weighted by Crippen LogP contribution is 2.02. The number of nitrogens with zero attached hydrogens (tertiary/aromatic N) is 2. The van der Waals surface area contributed by atoms with Gasteiger partial charge in [-0.25, -0.2) is 4.39 Å². The summed E-state index contributed by atoms with van der Waals surface area (Å²) in [5, 5.41) is 10.3. The van der Waals surface area contributed by atoms with Gasteiger partial charge in [0.25, 0.3) is 5.91 Å². The molecule has 0 radical (unpaired) electrons. The Hall–Kier alpha value is -2.42. The van der Waals surface area contributed by atoms with Crippen molar-refractivity contribution < 1.29 is 9.18 Å². The second kappa shape index (κ2) is 4.72. The van der Waals surface area contributed by atoms with E-state index >= 15 is 0 Å². The number of halogens is 1. The Labute approximate surface area is 85.0 Å². The first-order valence-corrected chi connectivity index (χ1v) is 3.92. The minimum Gasteiger partial charge on any atom is -0.369 e. The summed E-state index contributed by atoms with van der Waals surface area (Å²) in [4.78, 5) is 14.4. The Morgan fingerprint density at radius 3 is 2.93 bits per heavy atom. The molecule has 0 fully saturated rings. The maximum atomic E-state index is 12.7. The molecule has 1 amide bonds. The van der Waals surface area contributed by atoms with Crippen LogP contribution >= 0.6 is 0 Å². The van der Waals surface area contributed by atoms with Crippen LogP contribution < -0.4 is 11.1 Å². The predicted octanol–water partition coefficient (Wildman–Crippen LogP) is 0.351. The van der Waals surface area contributed by atoms with Crippen LogP contribution in [0.15, 0.2) is 29.3 Å². The Morgan fingerprint density at radius 2 is 2.33 bits per heavy atom. The first kappa shape index (κ1) is 10.7. The number of guanidine groups is 1. The normalized spacial score (nSPS) is 10.5. The fourth-order valence-electron chi connectivity index (χ4n) is 0.900. The van der Waals surface area contributed by atoms with Gasteiger partial charge in [-0.3, -0.25) is 10.1 Å². The van der Waals surface area contributed by atoms with Crippen molar-refractivity contribution in [1.82, 2.24) is 5.32 Å². The predicted molar refractivity (Wildman–Crippen MR) is 51.1 cm³/mol. The van der Waals surface area contributed by atoms with Crippen molar-refractivity contribution in [3.63, 3.8) is 0 Å². The van der Waals surface area contributed by atoms with Crippen molar-refractivity contribution in [3.05, 3.63) is 35.6 Å². The number of nitriles is 1. The second-order valence-corrected chi connectivity index (χ2v) is 2.56. The zero-order valence-electron chi connectivity index (χ0n) is 7.57. The SMILES string of the molecule is N#CN=C(N)NC(=O)c1cccc(F)c1. The standard InChI is InChI=1S/C9H7FN4O/c10-7-3-1-2-6(4-7)8(15)14-9(12)13-5-11/h1-4H,(H3,12,13,14,15). The van der Waals surface area contributed by atoms with Gasteiger partial charge in [0.2, 0.25) is 12.2 Å². The van der Waals surface area contributed by atoms with Crippen LogP contribution in [0, 0.1) is 17.3 Å². The first-order valence-electron chi connectivity index (χ1n) is 3.92. The molecular formula is C9H7FN4O. The van der Waals surface area contributed by atoms with E-state index in [2.05, 4.69) is 10.3 Å². The Morgan fingerprint density at radius 1 is 1.60 bits per heavy atom. The number of nitrogens with two attached hydrogens (primary N) is 1. The molecular weight excluding hydrogens is 199 g/mol. The van der Waals surface area contributed by atoms with Gasteiger partial charge >= 0.3 is 0 Å². The van der Waals surface area contributed by atoms with Crippen molar-refractivity contribution in [1.29, 1.82) is 5.26 Å². The summed E-state index contributed by atoms with van der Waals surface area (Å²) in [5.41, 5.74) is 5.27. The van der Waals surface area contributed by atoms with Crippen molar-refractivity contribution in [3.8, 4) is 6.19 Å². The molecule has 0 spiro atoms. The quantitative estimate of drug-likeness (QED) is 0.394. The van der Waals surface area contributed by atoms with Crippen molar-refractivity contribution >= 4 is 11.9 Å². The fraction of sp³-hybridized carbons (Fsp3) is 0. The largest absolute Gasteiger partial charge is 0.369 e. The summed E-state index contributed by atoms with van der Waals surface area (Å²) in [6.07, 6.45) is 1.41. The summed E-state index contributed by atoms with van der Waals surface area (Å²) in [6.45, 7) is 0. The zero-order valence-corrected chi connectivity index (χ0v) is 7.57. The molecule has 0 aromatic heterocycles. The molecule has 0 saturated carbocycles. The molecule has 0 atom stereocenters. The van der Waals surface area contributed by atoms with E-state index in [1.54, 1.807) is 0 Å². The Bertz CT molecular complexity index is 450. The molecule has 5 nitrogen and oxygen atoms in total. The number of carbonyl (C=O) groups is 1. The molecule has 15 heavy (non-hydrogen) atoms. The number of rotatable bonds is 1. The van der Waals surface area contributed by atoms with Gasteiger partial charge in [0.15, 0.2) is 0 Å². The second-order valence-electron chi connectivity index (χ2n) is 2.56. The van der Waals surface area contributed by atoms with E-state index in [0.29, 0.717) is 0 Å². The Kier molecular flexibility index (Phi) is 3.35.